The summed E-state index contributed by atoms with van der Waals surface area (Å²) in [5.74, 6) is 0.393. The molecule has 1 N–H and O–H groups in total. The zero-order valence-electron chi connectivity index (χ0n) is 14.7. The molecule has 0 bridgehead atoms. The normalized spacial score (nSPS) is 12.0. The lowest BCUT2D eigenvalue weighted by molar-refractivity contribution is 0.465. The molecule has 0 amide bonds. The lowest BCUT2D eigenvalue weighted by Crippen LogP contribution is -1.99. The van der Waals surface area contributed by atoms with Crippen molar-refractivity contribution in [3.63, 3.8) is 0 Å². The summed E-state index contributed by atoms with van der Waals surface area (Å²) in [4.78, 5) is 0. The molecule has 1 aromatic heterocycles. The standard InChI is InChI=1S/C19H26N2O/c1-8-11(2)9-16-17(12(3)10-13(4)19(16)22)18-14(5)15(6)21(7)20-18/h8,10,22H,9H2,1-7H3. The molecule has 0 aliphatic rings. The number of nitrogens with zero attached hydrogens (tertiary/aromatic N) is 2. The molecule has 0 radical (unpaired) electrons. The molecule has 1 aromatic carbocycles. The molecule has 0 unspecified atom stereocenters. The van der Waals surface area contributed by atoms with Gasteiger partial charge in [-0.25, -0.2) is 0 Å². The van der Waals surface area contributed by atoms with E-state index in [-0.39, 0.29) is 0 Å². The van der Waals surface area contributed by atoms with Crippen molar-refractivity contribution in [2.24, 2.45) is 7.05 Å². The number of phenolic OH excluding ortho intramolecular Hbond substituents is 1. The van der Waals surface area contributed by atoms with Gasteiger partial charge in [0.15, 0.2) is 0 Å². The van der Waals surface area contributed by atoms with Crippen LogP contribution in [-0.2, 0) is 13.5 Å². The first-order valence-corrected chi connectivity index (χ1v) is 7.72. The van der Waals surface area contributed by atoms with Gasteiger partial charge in [-0.15, -0.1) is 0 Å². The number of rotatable bonds is 3. The molecule has 1 heterocycles. The molecule has 118 valence electrons. The van der Waals surface area contributed by atoms with Gasteiger partial charge in [0.25, 0.3) is 0 Å². The minimum Gasteiger partial charge on any atom is -0.507 e. The van der Waals surface area contributed by atoms with Gasteiger partial charge in [0.2, 0.25) is 0 Å². The lowest BCUT2D eigenvalue weighted by Gasteiger charge is -2.16. The third kappa shape index (κ3) is 2.68. The van der Waals surface area contributed by atoms with Gasteiger partial charge in [-0.2, -0.15) is 5.10 Å². The van der Waals surface area contributed by atoms with Gasteiger partial charge in [-0.05, 0) is 64.7 Å². The fraction of sp³-hybridized carbons (Fsp3) is 0.421. The van der Waals surface area contributed by atoms with Crippen molar-refractivity contribution in [2.45, 2.75) is 48.0 Å². The molecule has 2 aromatic rings. The van der Waals surface area contributed by atoms with Crippen LogP contribution in [0.4, 0.5) is 0 Å². The SMILES string of the molecule is CC=C(C)Cc1c(O)c(C)cc(C)c1-c1nn(C)c(C)c1C. The van der Waals surface area contributed by atoms with Gasteiger partial charge in [0.1, 0.15) is 5.75 Å². The second kappa shape index (κ2) is 5.99. The molecule has 0 fully saturated rings. The zero-order chi connectivity index (χ0) is 16.6. The minimum absolute atomic E-state index is 0.393. The summed E-state index contributed by atoms with van der Waals surface area (Å²) in [6, 6.07) is 2.04. The van der Waals surface area contributed by atoms with Gasteiger partial charge < -0.3 is 5.11 Å². The van der Waals surface area contributed by atoms with E-state index in [9.17, 15) is 5.11 Å². The predicted octanol–water partition coefficient (Wildman–Crippen LogP) is 4.54. The van der Waals surface area contributed by atoms with Gasteiger partial charge in [0, 0.05) is 23.9 Å². The first-order valence-electron chi connectivity index (χ1n) is 7.72. The third-order valence-electron chi connectivity index (χ3n) is 4.61. The van der Waals surface area contributed by atoms with Crippen molar-refractivity contribution in [2.75, 3.05) is 0 Å². The highest BCUT2D eigenvalue weighted by Crippen LogP contribution is 2.38. The molecule has 22 heavy (non-hydrogen) atoms. The Kier molecular flexibility index (Phi) is 4.45. The average molecular weight is 298 g/mol. The highest BCUT2D eigenvalue weighted by Gasteiger charge is 2.20. The van der Waals surface area contributed by atoms with Crippen LogP contribution in [0.2, 0.25) is 0 Å². The topological polar surface area (TPSA) is 38.1 Å². The van der Waals surface area contributed by atoms with Crippen molar-refractivity contribution in [3.8, 4) is 17.0 Å². The maximum Gasteiger partial charge on any atom is 0.122 e. The Morgan fingerprint density at radius 1 is 1.23 bits per heavy atom. The largest absolute Gasteiger partial charge is 0.507 e. The van der Waals surface area contributed by atoms with Gasteiger partial charge >= 0.3 is 0 Å². The summed E-state index contributed by atoms with van der Waals surface area (Å²) in [6.07, 6.45) is 2.84. The molecule has 3 heteroatoms. The molecule has 0 spiro atoms. The van der Waals surface area contributed by atoms with Crippen LogP contribution in [-0.4, -0.2) is 14.9 Å². The first-order chi connectivity index (χ1) is 10.3. The van der Waals surface area contributed by atoms with E-state index in [1.54, 1.807) is 0 Å². The second-order valence-electron chi connectivity index (χ2n) is 6.21. The Morgan fingerprint density at radius 2 is 1.86 bits per heavy atom. The quantitative estimate of drug-likeness (QED) is 0.845. The molecule has 0 aliphatic carbocycles. The number of aromatic nitrogens is 2. The number of hydrogen-bond donors (Lipinski definition) is 1. The van der Waals surface area contributed by atoms with Crippen LogP contribution in [0.15, 0.2) is 17.7 Å². The van der Waals surface area contributed by atoms with Crippen molar-refractivity contribution >= 4 is 0 Å². The molecular formula is C19H26N2O. The first kappa shape index (κ1) is 16.3. The van der Waals surface area contributed by atoms with E-state index in [2.05, 4.69) is 33.8 Å². The average Bonchev–Trinajstić information content (AvgIpc) is 2.72. The van der Waals surface area contributed by atoms with Crippen LogP contribution < -0.4 is 0 Å². The van der Waals surface area contributed by atoms with E-state index in [4.69, 9.17) is 5.10 Å². The molecule has 0 saturated carbocycles. The van der Waals surface area contributed by atoms with Crippen molar-refractivity contribution in [3.05, 3.63) is 45.7 Å². The summed E-state index contributed by atoms with van der Waals surface area (Å²) in [5.41, 5.74) is 8.69. The Balaban J connectivity index is 2.79. The number of aromatic hydroxyl groups is 1. The molecule has 0 aliphatic heterocycles. The fourth-order valence-corrected chi connectivity index (χ4v) is 2.89. The van der Waals surface area contributed by atoms with E-state index < -0.39 is 0 Å². The molecular weight excluding hydrogens is 272 g/mol. The number of phenols is 1. The summed E-state index contributed by atoms with van der Waals surface area (Å²) in [7, 11) is 1.96. The third-order valence-corrected chi connectivity index (χ3v) is 4.61. The zero-order valence-corrected chi connectivity index (χ0v) is 14.7. The Hall–Kier alpha value is -2.03. The second-order valence-corrected chi connectivity index (χ2v) is 6.21. The Bertz CT molecular complexity index is 752. The van der Waals surface area contributed by atoms with E-state index >= 15 is 0 Å². The van der Waals surface area contributed by atoms with Crippen LogP contribution >= 0.6 is 0 Å². The lowest BCUT2D eigenvalue weighted by atomic mass is 9.90. The van der Waals surface area contributed by atoms with Crippen LogP contribution in [0.5, 0.6) is 5.75 Å². The Morgan fingerprint density at radius 3 is 2.36 bits per heavy atom. The van der Waals surface area contributed by atoms with Gasteiger partial charge in [-0.1, -0.05) is 17.7 Å². The number of allylic oxidation sites excluding steroid dienone is 2. The molecule has 0 atom stereocenters. The smallest absolute Gasteiger partial charge is 0.122 e. The molecule has 2 rings (SSSR count). The summed E-state index contributed by atoms with van der Waals surface area (Å²) < 4.78 is 1.91. The van der Waals surface area contributed by atoms with E-state index in [1.807, 2.05) is 31.6 Å². The maximum absolute atomic E-state index is 10.6. The van der Waals surface area contributed by atoms with E-state index in [0.717, 1.165) is 40.1 Å². The molecule has 3 nitrogen and oxygen atoms in total. The van der Waals surface area contributed by atoms with Crippen molar-refractivity contribution in [1.29, 1.82) is 0 Å². The fourth-order valence-electron chi connectivity index (χ4n) is 2.89. The van der Waals surface area contributed by atoms with Crippen molar-refractivity contribution < 1.29 is 5.11 Å². The Labute approximate surface area is 133 Å². The number of benzene rings is 1. The predicted molar refractivity (Wildman–Crippen MR) is 92.4 cm³/mol. The number of aryl methyl sites for hydroxylation is 3. The van der Waals surface area contributed by atoms with E-state index in [0.29, 0.717) is 5.75 Å². The van der Waals surface area contributed by atoms with E-state index in [1.165, 1.54) is 11.1 Å². The summed E-state index contributed by atoms with van der Waals surface area (Å²) in [5, 5.41) is 15.3. The summed E-state index contributed by atoms with van der Waals surface area (Å²) in [6.45, 7) is 12.4. The van der Waals surface area contributed by atoms with Gasteiger partial charge in [-0.3, -0.25) is 4.68 Å². The van der Waals surface area contributed by atoms with Gasteiger partial charge in [0.05, 0.1) is 5.69 Å². The van der Waals surface area contributed by atoms with Crippen LogP contribution in [0.1, 0.15) is 41.8 Å². The van der Waals surface area contributed by atoms with Crippen LogP contribution in [0.25, 0.3) is 11.3 Å². The van der Waals surface area contributed by atoms with Crippen LogP contribution in [0.3, 0.4) is 0 Å². The monoisotopic (exact) mass is 298 g/mol. The molecule has 0 saturated heterocycles. The maximum atomic E-state index is 10.6. The summed E-state index contributed by atoms with van der Waals surface area (Å²) >= 11 is 0. The number of hydrogen-bond acceptors (Lipinski definition) is 2. The highest BCUT2D eigenvalue weighted by atomic mass is 16.3. The minimum atomic E-state index is 0.393. The highest BCUT2D eigenvalue weighted by molar-refractivity contribution is 5.75. The van der Waals surface area contributed by atoms with Crippen molar-refractivity contribution in [1.82, 2.24) is 9.78 Å². The van der Waals surface area contributed by atoms with Crippen LogP contribution in [0, 0.1) is 27.7 Å².